The molecule has 1 heterocycles. The molecule has 0 unspecified atom stereocenters. The summed E-state index contributed by atoms with van der Waals surface area (Å²) < 4.78 is 10.4. The Hall–Kier alpha value is -1.75. The monoisotopic (exact) mass is 278 g/mol. The lowest BCUT2D eigenvalue weighted by Crippen LogP contribution is -2.39. The summed E-state index contributed by atoms with van der Waals surface area (Å²) in [6, 6.07) is 7.54. The topological polar surface area (TPSA) is 59.6 Å². The van der Waals surface area contributed by atoms with E-state index in [1.807, 2.05) is 24.3 Å². The van der Waals surface area contributed by atoms with E-state index in [-0.39, 0.29) is 6.03 Å². The number of methoxy groups -OCH3 is 1. The van der Waals surface area contributed by atoms with Gasteiger partial charge in [-0.2, -0.15) is 0 Å². The van der Waals surface area contributed by atoms with Crippen LogP contribution in [0.2, 0.25) is 0 Å². The van der Waals surface area contributed by atoms with Gasteiger partial charge in [0.05, 0.1) is 7.11 Å². The van der Waals surface area contributed by atoms with Crippen molar-refractivity contribution < 1.29 is 14.3 Å². The first-order chi connectivity index (χ1) is 9.78. The molecule has 1 saturated heterocycles. The highest BCUT2D eigenvalue weighted by Gasteiger charge is 2.14. The number of hydrogen-bond donors (Lipinski definition) is 2. The minimum absolute atomic E-state index is 0.118. The van der Waals surface area contributed by atoms with Gasteiger partial charge in [-0.3, -0.25) is 0 Å². The Morgan fingerprint density at radius 1 is 1.25 bits per heavy atom. The molecule has 20 heavy (non-hydrogen) atoms. The molecule has 5 nitrogen and oxygen atoms in total. The van der Waals surface area contributed by atoms with Crippen molar-refractivity contribution in [3.05, 3.63) is 29.8 Å². The van der Waals surface area contributed by atoms with Crippen LogP contribution in [0, 0.1) is 5.92 Å². The average Bonchev–Trinajstić information content (AvgIpc) is 2.52. The van der Waals surface area contributed by atoms with E-state index in [4.69, 9.17) is 9.47 Å². The molecule has 0 spiro atoms. The number of ether oxygens (including phenoxy) is 2. The molecule has 0 bridgehead atoms. The Bertz CT molecular complexity index is 414. The summed E-state index contributed by atoms with van der Waals surface area (Å²) in [5.41, 5.74) is 1.05. The molecule has 1 aliphatic rings. The molecule has 0 saturated carbocycles. The number of amides is 2. The zero-order valence-corrected chi connectivity index (χ0v) is 11.9. The number of carbonyl (C=O) groups excluding carboxylic acids is 1. The predicted octanol–water partition coefficient (Wildman–Crippen LogP) is 1.92. The van der Waals surface area contributed by atoms with Crippen molar-refractivity contribution in [3.63, 3.8) is 0 Å². The van der Waals surface area contributed by atoms with E-state index in [9.17, 15) is 4.79 Å². The zero-order valence-electron chi connectivity index (χ0n) is 11.9. The Morgan fingerprint density at radius 3 is 2.60 bits per heavy atom. The third-order valence-corrected chi connectivity index (χ3v) is 3.50. The standard InChI is InChI=1S/C15H22N2O3/c1-19-14-4-2-12(3-5-14)10-16-15(18)17-11-13-6-8-20-9-7-13/h2-5,13H,6-11H2,1H3,(H2,16,17,18). The van der Waals surface area contributed by atoms with Crippen LogP contribution in [0.1, 0.15) is 18.4 Å². The molecule has 2 rings (SSSR count). The van der Waals surface area contributed by atoms with Crippen LogP contribution in [0.5, 0.6) is 5.75 Å². The summed E-state index contributed by atoms with van der Waals surface area (Å²) in [5, 5.41) is 5.77. The molecule has 1 fully saturated rings. The van der Waals surface area contributed by atoms with Gasteiger partial charge in [0.2, 0.25) is 0 Å². The van der Waals surface area contributed by atoms with Gasteiger partial charge >= 0.3 is 6.03 Å². The molecular formula is C15H22N2O3. The van der Waals surface area contributed by atoms with Gasteiger partial charge in [0.15, 0.2) is 0 Å². The van der Waals surface area contributed by atoms with Crippen LogP contribution in [0.25, 0.3) is 0 Å². The first-order valence-corrected chi connectivity index (χ1v) is 7.00. The molecule has 2 N–H and O–H groups in total. The highest BCUT2D eigenvalue weighted by Crippen LogP contribution is 2.13. The molecule has 1 aromatic carbocycles. The van der Waals surface area contributed by atoms with Crippen molar-refractivity contribution in [2.24, 2.45) is 5.92 Å². The maximum atomic E-state index is 11.7. The van der Waals surface area contributed by atoms with Crippen molar-refractivity contribution in [1.82, 2.24) is 10.6 Å². The SMILES string of the molecule is COc1ccc(CNC(=O)NCC2CCOCC2)cc1. The quantitative estimate of drug-likeness (QED) is 0.865. The number of urea groups is 1. The van der Waals surface area contributed by atoms with E-state index in [0.29, 0.717) is 12.5 Å². The zero-order chi connectivity index (χ0) is 14.2. The lowest BCUT2D eigenvalue weighted by atomic mass is 10.0. The number of nitrogens with one attached hydrogen (secondary N) is 2. The Morgan fingerprint density at radius 2 is 1.95 bits per heavy atom. The minimum Gasteiger partial charge on any atom is -0.497 e. The van der Waals surface area contributed by atoms with Gasteiger partial charge < -0.3 is 20.1 Å². The maximum Gasteiger partial charge on any atom is 0.315 e. The molecular weight excluding hydrogens is 256 g/mol. The van der Waals surface area contributed by atoms with Crippen molar-refractivity contribution in [2.45, 2.75) is 19.4 Å². The van der Waals surface area contributed by atoms with Crippen molar-refractivity contribution in [2.75, 3.05) is 26.9 Å². The second-order valence-corrected chi connectivity index (χ2v) is 4.97. The van der Waals surface area contributed by atoms with Crippen molar-refractivity contribution in [3.8, 4) is 5.75 Å². The van der Waals surface area contributed by atoms with E-state index < -0.39 is 0 Å². The van der Waals surface area contributed by atoms with Crippen LogP contribution in [0.15, 0.2) is 24.3 Å². The highest BCUT2D eigenvalue weighted by atomic mass is 16.5. The molecule has 0 radical (unpaired) electrons. The lowest BCUT2D eigenvalue weighted by molar-refractivity contribution is 0.0669. The number of carbonyl (C=O) groups is 1. The molecule has 0 aromatic heterocycles. The molecule has 1 aliphatic heterocycles. The summed E-state index contributed by atoms with van der Waals surface area (Å²) >= 11 is 0. The van der Waals surface area contributed by atoms with Crippen LogP contribution >= 0.6 is 0 Å². The van der Waals surface area contributed by atoms with Gasteiger partial charge in [0.1, 0.15) is 5.75 Å². The third kappa shape index (κ3) is 4.74. The van der Waals surface area contributed by atoms with Gasteiger partial charge in [-0.25, -0.2) is 4.79 Å². The van der Waals surface area contributed by atoms with Crippen LogP contribution in [-0.2, 0) is 11.3 Å². The summed E-state index contributed by atoms with van der Waals surface area (Å²) in [6.07, 6.45) is 2.05. The smallest absolute Gasteiger partial charge is 0.315 e. The van der Waals surface area contributed by atoms with Gasteiger partial charge in [-0.15, -0.1) is 0 Å². The Kier molecular flexibility index (Phi) is 5.68. The minimum atomic E-state index is -0.118. The summed E-state index contributed by atoms with van der Waals surface area (Å²) in [7, 11) is 1.64. The van der Waals surface area contributed by atoms with Gasteiger partial charge in [0, 0.05) is 26.3 Å². The normalized spacial score (nSPS) is 15.7. The maximum absolute atomic E-state index is 11.7. The van der Waals surface area contributed by atoms with Gasteiger partial charge in [-0.1, -0.05) is 12.1 Å². The number of benzene rings is 1. The molecule has 5 heteroatoms. The van der Waals surface area contributed by atoms with Crippen LogP contribution in [0.3, 0.4) is 0 Å². The second-order valence-electron chi connectivity index (χ2n) is 4.97. The van der Waals surface area contributed by atoms with Crippen molar-refractivity contribution in [1.29, 1.82) is 0 Å². The molecule has 2 amide bonds. The van der Waals surface area contributed by atoms with E-state index in [1.165, 1.54) is 0 Å². The van der Waals surface area contributed by atoms with Gasteiger partial charge in [0.25, 0.3) is 0 Å². The molecule has 1 aromatic rings. The summed E-state index contributed by atoms with van der Waals surface area (Å²) in [6.45, 7) is 2.85. The Labute approximate surface area is 119 Å². The molecule has 110 valence electrons. The fraction of sp³-hybridized carbons (Fsp3) is 0.533. The average molecular weight is 278 g/mol. The molecule has 0 aliphatic carbocycles. The van der Waals surface area contributed by atoms with Crippen LogP contribution in [0.4, 0.5) is 4.79 Å². The van der Waals surface area contributed by atoms with Crippen LogP contribution < -0.4 is 15.4 Å². The summed E-state index contributed by atoms with van der Waals surface area (Å²) in [4.78, 5) is 11.7. The van der Waals surface area contributed by atoms with E-state index in [1.54, 1.807) is 7.11 Å². The van der Waals surface area contributed by atoms with E-state index in [0.717, 1.165) is 43.9 Å². The first-order valence-electron chi connectivity index (χ1n) is 7.00. The largest absolute Gasteiger partial charge is 0.497 e. The van der Waals surface area contributed by atoms with E-state index in [2.05, 4.69) is 10.6 Å². The Balaban J connectivity index is 1.66. The first kappa shape index (κ1) is 14.7. The highest BCUT2D eigenvalue weighted by molar-refractivity contribution is 5.73. The third-order valence-electron chi connectivity index (χ3n) is 3.50. The fourth-order valence-corrected chi connectivity index (χ4v) is 2.18. The van der Waals surface area contributed by atoms with E-state index >= 15 is 0 Å². The summed E-state index contributed by atoms with van der Waals surface area (Å²) in [5.74, 6) is 1.35. The second kappa shape index (κ2) is 7.75. The lowest BCUT2D eigenvalue weighted by Gasteiger charge is -2.22. The fourth-order valence-electron chi connectivity index (χ4n) is 2.18. The van der Waals surface area contributed by atoms with Crippen molar-refractivity contribution >= 4 is 6.03 Å². The van der Waals surface area contributed by atoms with Gasteiger partial charge in [-0.05, 0) is 36.5 Å². The number of hydrogen-bond acceptors (Lipinski definition) is 3. The number of rotatable bonds is 5. The molecule has 0 atom stereocenters. The predicted molar refractivity (Wildman–Crippen MR) is 76.8 cm³/mol. The van der Waals surface area contributed by atoms with Crippen LogP contribution in [-0.4, -0.2) is 32.9 Å².